The third-order valence-electron chi connectivity index (χ3n) is 7.20. The Morgan fingerprint density at radius 3 is 2.44 bits per heavy atom. The van der Waals surface area contributed by atoms with E-state index in [9.17, 15) is 4.79 Å². The molecule has 7 heteroatoms. The lowest BCUT2D eigenvalue weighted by Gasteiger charge is -2.46. The van der Waals surface area contributed by atoms with Crippen molar-refractivity contribution >= 4 is 17.5 Å². The smallest absolute Gasteiger partial charge is 0.256 e. The average molecular weight is 429 g/mol. The van der Waals surface area contributed by atoms with Crippen molar-refractivity contribution in [1.82, 2.24) is 19.4 Å². The van der Waals surface area contributed by atoms with E-state index < -0.39 is 0 Å². The molecule has 1 spiro atoms. The van der Waals surface area contributed by atoms with E-state index in [0.717, 1.165) is 37.6 Å². The number of nitrogens with one attached hydrogen (secondary N) is 1. The van der Waals surface area contributed by atoms with Crippen LogP contribution in [0.3, 0.4) is 0 Å². The fourth-order valence-corrected chi connectivity index (χ4v) is 5.44. The molecule has 164 valence electrons. The Morgan fingerprint density at radius 2 is 1.66 bits per heavy atom. The molecule has 1 N–H and O–H groups in total. The Hall–Kier alpha value is -3.35. The van der Waals surface area contributed by atoms with Gasteiger partial charge in [-0.05, 0) is 56.4 Å². The van der Waals surface area contributed by atoms with Gasteiger partial charge in [0.05, 0.1) is 22.5 Å². The Morgan fingerprint density at radius 1 is 0.906 bits per heavy atom. The molecule has 0 aliphatic carbocycles. The van der Waals surface area contributed by atoms with Crippen LogP contribution in [0.5, 0.6) is 0 Å². The van der Waals surface area contributed by atoms with Crippen LogP contribution in [0.2, 0.25) is 0 Å². The number of carbonyl (C=O) groups is 1. The maximum Gasteiger partial charge on any atom is 0.256 e. The van der Waals surface area contributed by atoms with Crippen molar-refractivity contribution in [2.45, 2.75) is 37.6 Å². The Balaban J connectivity index is 1.17. The summed E-state index contributed by atoms with van der Waals surface area (Å²) < 4.78 is 2.29. The van der Waals surface area contributed by atoms with Gasteiger partial charge in [0.25, 0.3) is 5.91 Å². The zero-order valence-corrected chi connectivity index (χ0v) is 18.2. The number of para-hydroxylation sites is 2. The van der Waals surface area contributed by atoms with Gasteiger partial charge in [0.2, 0.25) is 5.95 Å². The largest absolute Gasteiger partial charge is 0.372 e. The first-order valence-electron chi connectivity index (χ1n) is 11.7. The number of anilines is 2. The highest BCUT2D eigenvalue weighted by molar-refractivity contribution is 5.93. The van der Waals surface area contributed by atoms with Crippen molar-refractivity contribution in [2.75, 3.05) is 36.4 Å². The second-order valence-corrected chi connectivity index (χ2v) is 9.10. The molecule has 32 heavy (non-hydrogen) atoms. The summed E-state index contributed by atoms with van der Waals surface area (Å²) in [6, 6.07) is 12.7. The molecule has 0 atom stereocenters. The molecule has 0 radical (unpaired) electrons. The van der Waals surface area contributed by atoms with E-state index in [1.54, 1.807) is 12.4 Å². The van der Waals surface area contributed by atoms with Crippen LogP contribution in [0.25, 0.3) is 5.69 Å². The van der Waals surface area contributed by atoms with Crippen LogP contribution in [0.4, 0.5) is 11.6 Å². The molecule has 7 nitrogen and oxygen atoms in total. The van der Waals surface area contributed by atoms with E-state index in [1.165, 1.54) is 30.6 Å². The third-order valence-corrected chi connectivity index (χ3v) is 7.20. The lowest BCUT2D eigenvalue weighted by atomic mass is 9.82. The lowest BCUT2D eigenvalue weighted by Crippen LogP contribution is -2.51. The van der Waals surface area contributed by atoms with Crippen molar-refractivity contribution < 1.29 is 4.79 Å². The van der Waals surface area contributed by atoms with Gasteiger partial charge in [-0.3, -0.25) is 4.79 Å². The normalized spacial score (nSPS) is 19.2. The number of piperidine rings is 2. The molecule has 1 aromatic carbocycles. The highest BCUT2D eigenvalue weighted by atomic mass is 16.2. The fraction of sp³-hybridized carbons (Fsp3) is 0.400. The van der Waals surface area contributed by atoms with Gasteiger partial charge in [-0.2, -0.15) is 0 Å². The van der Waals surface area contributed by atoms with Crippen LogP contribution in [0.15, 0.2) is 55.0 Å². The highest BCUT2D eigenvalue weighted by Gasteiger charge is 2.42. The number of fused-ring (bicyclic) bond motifs is 4. The summed E-state index contributed by atoms with van der Waals surface area (Å²) in [6.45, 7) is 3.40. The minimum Gasteiger partial charge on any atom is -0.372 e. The molecule has 1 amide bonds. The number of hydrogen-bond acceptors (Lipinski definition) is 5. The first kappa shape index (κ1) is 19.3. The molecule has 2 aromatic heterocycles. The van der Waals surface area contributed by atoms with Gasteiger partial charge in [0, 0.05) is 50.5 Å². The molecule has 2 fully saturated rings. The van der Waals surface area contributed by atoms with Crippen molar-refractivity contribution in [2.24, 2.45) is 0 Å². The van der Waals surface area contributed by atoms with Gasteiger partial charge in [-0.15, -0.1) is 0 Å². The Bertz CT molecular complexity index is 1120. The second kappa shape index (κ2) is 7.65. The number of amides is 1. The average Bonchev–Trinajstić information content (AvgIpc) is 3.37. The summed E-state index contributed by atoms with van der Waals surface area (Å²) in [5.74, 6) is 0.765. The standard InChI is InChI=1S/C25H28N6O/c32-23(19-17-26-24(27-18-19)30-12-4-1-5-13-30)29-15-10-25(11-16-29)22-9-6-14-31(22)21-8-3-2-7-20(21)28-25/h2-3,6-9,14,17-18,28H,1,4-5,10-13,15-16H2. The van der Waals surface area contributed by atoms with Crippen LogP contribution < -0.4 is 10.2 Å². The van der Waals surface area contributed by atoms with Gasteiger partial charge in [0.15, 0.2) is 0 Å². The van der Waals surface area contributed by atoms with Gasteiger partial charge >= 0.3 is 0 Å². The van der Waals surface area contributed by atoms with Crippen LogP contribution in [0.1, 0.15) is 48.2 Å². The van der Waals surface area contributed by atoms with Crippen molar-refractivity contribution in [3.05, 3.63) is 66.2 Å². The zero-order chi connectivity index (χ0) is 21.5. The lowest BCUT2D eigenvalue weighted by molar-refractivity contribution is 0.0675. The molecular weight excluding hydrogens is 400 g/mol. The second-order valence-electron chi connectivity index (χ2n) is 9.10. The quantitative estimate of drug-likeness (QED) is 0.672. The number of aromatic nitrogens is 3. The fourth-order valence-electron chi connectivity index (χ4n) is 5.44. The summed E-state index contributed by atoms with van der Waals surface area (Å²) in [5, 5.41) is 3.81. The maximum absolute atomic E-state index is 13.2. The molecule has 2 saturated heterocycles. The molecular formula is C25H28N6O. The van der Waals surface area contributed by atoms with Gasteiger partial charge in [-0.25, -0.2) is 9.97 Å². The summed E-state index contributed by atoms with van der Waals surface area (Å²) in [6.07, 6.45) is 10.9. The van der Waals surface area contributed by atoms with Gasteiger partial charge < -0.3 is 19.7 Å². The number of nitrogens with zero attached hydrogens (tertiary/aromatic N) is 5. The van der Waals surface area contributed by atoms with Crippen LogP contribution in [-0.2, 0) is 5.54 Å². The SMILES string of the molecule is O=C(c1cnc(N2CCCCC2)nc1)N1CCC2(CC1)Nc1ccccc1-n1cccc12. The molecule has 0 bridgehead atoms. The highest BCUT2D eigenvalue weighted by Crippen LogP contribution is 2.43. The van der Waals surface area contributed by atoms with E-state index in [1.807, 2.05) is 4.90 Å². The molecule has 3 aliphatic heterocycles. The van der Waals surface area contributed by atoms with E-state index in [4.69, 9.17) is 0 Å². The molecule has 6 rings (SSSR count). The Kier molecular flexibility index (Phi) is 4.63. The van der Waals surface area contributed by atoms with Crippen molar-refractivity contribution in [3.63, 3.8) is 0 Å². The summed E-state index contributed by atoms with van der Waals surface area (Å²) in [5.41, 5.74) is 4.04. The van der Waals surface area contributed by atoms with Crippen LogP contribution >= 0.6 is 0 Å². The summed E-state index contributed by atoms with van der Waals surface area (Å²) in [7, 11) is 0. The maximum atomic E-state index is 13.2. The zero-order valence-electron chi connectivity index (χ0n) is 18.2. The molecule has 3 aliphatic rings. The monoisotopic (exact) mass is 428 g/mol. The molecule has 5 heterocycles. The number of rotatable bonds is 2. The number of carbonyl (C=O) groups excluding carboxylic acids is 1. The van der Waals surface area contributed by atoms with Crippen LogP contribution in [-0.4, -0.2) is 51.5 Å². The van der Waals surface area contributed by atoms with E-state index in [0.29, 0.717) is 18.7 Å². The van der Waals surface area contributed by atoms with Crippen molar-refractivity contribution in [1.29, 1.82) is 0 Å². The first-order chi connectivity index (χ1) is 15.7. The predicted octanol–water partition coefficient (Wildman–Crippen LogP) is 3.81. The number of hydrogen-bond donors (Lipinski definition) is 1. The third kappa shape index (κ3) is 3.15. The van der Waals surface area contributed by atoms with Gasteiger partial charge in [-0.1, -0.05) is 12.1 Å². The number of likely N-dealkylation sites (tertiary alicyclic amines) is 1. The van der Waals surface area contributed by atoms with E-state index in [-0.39, 0.29) is 11.4 Å². The first-order valence-corrected chi connectivity index (χ1v) is 11.7. The minimum absolute atomic E-state index is 0.0247. The predicted molar refractivity (Wildman–Crippen MR) is 124 cm³/mol. The topological polar surface area (TPSA) is 66.3 Å². The van der Waals surface area contributed by atoms with Crippen molar-refractivity contribution in [3.8, 4) is 5.69 Å². The Labute approximate surface area is 188 Å². The molecule has 0 unspecified atom stereocenters. The molecule has 3 aromatic rings. The van der Waals surface area contributed by atoms with E-state index >= 15 is 0 Å². The molecule has 0 saturated carbocycles. The van der Waals surface area contributed by atoms with Crippen LogP contribution in [0, 0.1) is 0 Å². The summed E-state index contributed by atoms with van der Waals surface area (Å²) >= 11 is 0. The number of benzene rings is 1. The summed E-state index contributed by atoms with van der Waals surface area (Å²) in [4.78, 5) is 26.3. The van der Waals surface area contributed by atoms with E-state index in [2.05, 4.69) is 67.3 Å². The van der Waals surface area contributed by atoms with Gasteiger partial charge in [0.1, 0.15) is 0 Å². The minimum atomic E-state index is -0.150.